The molecule has 1 heterocycles. The zero-order valence-corrected chi connectivity index (χ0v) is 17.1. The molecule has 1 atom stereocenters. The van der Waals surface area contributed by atoms with Crippen LogP contribution in [0.1, 0.15) is 22.0 Å². The molecule has 1 N–H and O–H groups in total. The predicted octanol–water partition coefficient (Wildman–Crippen LogP) is 1.95. The Kier molecular flexibility index (Phi) is 6.72. The Morgan fingerprint density at radius 2 is 1.59 bits per heavy atom. The van der Waals surface area contributed by atoms with Gasteiger partial charge in [-0.3, -0.25) is 9.59 Å². The van der Waals surface area contributed by atoms with Crippen LogP contribution in [0.3, 0.4) is 0 Å². The standard InChI is InChI=1S/C22H27N3O4/c1-24-11-13-25(14-12-24)22(27)20(16-7-5-4-6-8-16)23-21(26)17-9-10-18(28-2)19(15-17)29-3/h4-10,15,20H,11-14H2,1-3H3,(H,23,26)/t20-/m0/s1. The van der Waals surface area contributed by atoms with Crippen molar-refractivity contribution in [3.8, 4) is 11.5 Å². The molecule has 0 aromatic heterocycles. The van der Waals surface area contributed by atoms with Gasteiger partial charge in [0.1, 0.15) is 6.04 Å². The first kappa shape index (κ1) is 20.7. The van der Waals surface area contributed by atoms with E-state index in [9.17, 15) is 9.59 Å². The Hall–Kier alpha value is -3.06. The normalized spacial score (nSPS) is 15.5. The van der Waals surface area contributed by atoms with E-state index in [0.717, 1.165) is 18.7 Å². The van der Waals surface area contributed by atoms with Crippen molar-refractivity contribution in [2.45, 2.75) is 6.04 Å². The molecule has 7 heteroatoms. The van der Waals surface area contributed by atoms with E-state index in [1.165, 1.54) is 14.2 Å². The Bertz CT molecular complexity index is 848. The van der Waals surface area contributed by atoms with Crippen LogP contribution in [0.2, 0.25) is 0 Å². The molecular weight excluding hydrogens is 370 g/mol. The van der Waals surface area contributed by atoms with Crippen LogP contribution in [0.4, 0.5) is 0 Å². The van der Waals surface area contributed by atoms with E-state index in [0.29, 0.717) is 30.2 Å². The highest BCUT2D eigenvalue weighted by Crippen LogP contribution is 2.28. The number of nitrogens with zero attached hydrogens (tertiary/aromatic N) is 2. The molecule has 0 radical (unpaired) electrons. The van der Waals surface area contributed by atoms with Gasteiger partial charge in [0.2, 0.25) is 5.91 Å². The highest BCUT2D eigenvalue weighted by molar-refractivity contribution is 5.98. The summed E-state index contributed by atoms with van der Waals surface area (Å²) in [4.78, 5) is 30.2. The number of ether oxygens (including phenoxy) is 2. The average Bonchev–Trinajstić information content (AvgIpc) is 2.77. The minimum atomic E-state index is -0.750. The van der Waals surface area contributed by atoms with Gasteiger partial charge in [0, 0.05) is 31.7 Å². The smallest absolute Gasteiger partial charge is 0.252 e. The van der Waals surface area contributed by atoms with Crippen molar-refractivity contribution in [3.63, 3.8) is 0 Å². The minimum Gasteiger partial charge on any atom is -0.493 e. The van der Waals surface area contributed by atoms with Crippen molar-refractivity contribution in [1.82, 2.24) is 15.1 Å². The maximum absolute atomic E-state index is 13.2. The molecule has 3 rings (SSSR count). The molecule has 0 saturated carbocycles. The molecular formula is C22H27N3O4. The van der Waals surface area contributed by atoms with E-state index in [1.807, 2.05) is 42.3 Å². The Morgan fingerprint density at radius 1 is 0.931 bits per heavy atom. The second-order valence-electron chi connectivity index (χ2n) is 7.02. The van der Waals surface area contributed by atoms with E-state index >= 15 is 0 Å². The van der Waals surface area contributed by atoms with E-state index in [1.54, 1.807) is 18.2 Å². The number of amides is 2. The molecule has 2 aromatic carbocycles. The Labute approximate surface area is 171 Å². The Balaban J connectivity index is 1.83. The number of rotatable bonds is 6. The molecule has 0 spiro atoms. The molecule has 0 aliphatic carbocycles. The van der Waals surface area contributed by atoms with E-state index in [2.05, 4.69) is 10.2 Å². The monoisotopic (exact) mass is 397 g/mol. The number of methoxy groups -OCH3 is 2. The van der Waals surface area contributed by atoms with Gasteiger partial charge < -0.3 is 24.6 Å². The third-order valence-electron chi connectivity index (χ3n) is 5.12. The molecule has 0 bridgehead atoms. The maximum Gasteiger partial charge on any atom is 0.252 e. The molecule has 2 aromatic rings. The first-order chi connectivity index (χ1) is 14.0. The van der Waals surface area contributed by atoms with E-state index in [4.69, 9.17) is 9.47 Å². The van der Waals surface area contributed by atoms with Gasteiger partial charge in [-0.2, -0.15) is 0 Å². The third-order valence-corrected chi connectivity index (χ3v) is 5.12. The lowest BCUT2D eigenvalue weighted by Crippen LogP contribution is -2.51. The average molecular weight is 397 g/mol. The van der Waals surface area contributed by atoms with Crippen LogP contribution in [-0.4, -0.2) is 69.1 Å². The number of benzene rings is 2. The number of hydrogen-bond acceptors (Lipinski definition) is 5. The molecule has 1 saturated heterocycles. The van der Waals surface area contributed by atoms with E-state index < -0.39 is 6.04 Å². The lowest BCUT2D eigenvalue weighted by atomic mass is 10.0. The van der Waals surface area contributed by atoms with Crippen LogP contribution in [0.15, 0.2) is 48.5 Å². The summed E-state index contributed by atoms with van der Waals surface area (Å²) in [5.41, 5.74) is 1.15. The van der Waals surface area contributed by atoms with Gasteiger partial charge >= 0.3 is 0 Å². The molecule has 1 aliphatic heterocycles. The van der Waals surface area contributed by atoms with Crippen LogP contribution in [-0.2, 0) is 4.79 Å². The van der Waals surface area contributed by atoms with Crippen molar-refractivity contribution in [2.75, 3.05) is 47.4 Å². The fourth-order valence-corrected chi connectivity index (χ4v) is 3.33. The number of carbonyl (C=O) groups is 2. The number of carbonyl (C=O) groups excluding carboxylic acids is 2. The second kappa shape index (κ2) is 9.43. The predicted molar refractivity (Wildman–Crippen MR) is 110 cm³/mol. The van der Waals surface area contributed by atoms with Crippen LogP contribution in [0.25, 0.3) is 0 Å². The summed E-state index contributed by atoms with van der Waals surface area (Å²) in [7, 11) is 5.09. The van der Waals surface area contributed by atoms with Crippen LogP contribution < -0.4 is 14.8 Å². The van der Waals surface area contributed by atoms with Crippen molar-refractivity contribution in [3.05, 3.63) is 59.7 Å². The summed E-state index contributed by atoms with van der Waals surface area (Å²) in [6, 6.07) is 13.5. The lowest BCUT2D eigenvalue weighted by Gasteiger charge is -2.35. The van der Waals surface area contributed by atoms with Gasteiger partial charge in [-0.25, -0.2) is 0 Å². The molecule has 154 valence electrons. The minimum absolute atomic E-state index is 0.0990. The first-order valence-electron chi connectivity index (χ1n) is 9.58. The molecule has 29 heavy (non-hydrogen) atoms. The van der Waals surface area contributed by atoms with Gasteiger partial charge in [-0.15, -0.1) is 0 Å². The van der Waals surface area contributed by atoms with Crippen LogP contribution >= 0.6 is 0 Å². The van der Waals surface area contributed by atoms with Gasteiger partial charge in [0.15, 0.2) is 11.5 Å². The summed E-state index contributed by atoms with van der Waals surface area (Å²) < 4.78 is 10.5. The highest BCUT2D eigenvalue weighted by atomic mass is 16.5. The van der Waals surface area contributed by atoms with Crippen molar-refractivity contribution in [2.24, 2.45) is 0 Å². The molecule has 2 amide bonds. The fraction of sp³-hybridized carbons (Fsp3) is 0.364. The molecule has 7 nitrogen and oxygen atoms in total. The SMILES string of the molecule is COc1ccc(C(=O)N[C@H](C(=O)N2CCN(C)CC2)c2ccccc2)cc1OC. The summed E-state index contributed by atoms with van der Waals surface area (Å²) in [5, 5.41) is 2.91. The lowest BCUT2D eigenvalue weighted by molar-refractivity contribution is -0.135. The van der Waals surface area contributed by atoms with Crippen LogP contribution in [0.5, 0.6) is 11.5 Å². The number of piperazine rings is 1. The highest BCUT2D eigenvalue weighted by Gasteiger charge is 2.29. The first-order valence-corrected chi connectivity index (χ1v) is 9.58. The zero-order chi connectivity index (χ0) is 20.8. The van der Waals surface area contributed by atoms with Gasteiger partial charge in [-0.1, -0.05) is 30.3 Å². The second-order valence-corrected chi connectivity index (χ2v) is 7.02. The maximum atomic E-state index is 13.2. The van der Waals surface area contributed by atoms with Gasteiger partial charge in [0.25, 0.3) is 5.91 Å². The molecule has 1 fully saturated rings. The number of hydrogen-bond donors (Lipinski definition) is 1. The van der Waals surface area contributed by atoms with E-state index in [-0.39, 0.29) is 11.8 Å². The zero-order valence-electron chi connectivity index (χ0n) is 17.1. The summed E-state index contributed by atoms with van der Waals surface area (Å²) in [5.74, 6) is 0.555. The largest absolute Gasteiger partial charge is 0.493 e. The summed E-state index contributed by atoms with van der Waals surface area (Å²) >= 11 is 0. The molecule has 1 aliphatic rings. The quantitative estimate of drug-likeness (QED) is 0.807. The molecule has 0 unspecified atom stereocenters. The fourth-order valence-electron chi connectivity index (χ4n) is 3.33. The topological polar surface area (TPSA) is 71.1 Å². The van der Waals surface area contributed by atoms with Crippen molar-refractivity contribution >= 4 is 11.8 Å². The van der Waals surface area contributed by atoms with Crippen molar-refractivity contribution < 1.29 is 19.1 Å². The van der Waals surface area contributed by atoms with Gasteiger partial charge in [0.05, 0.1) is 14.2 Å². The van der Waals surface area contributed by atoms with Crippen molar-refractivity contribution in [1.29, 1.82) is 0 Å². The van der Waals surface area contributed by atoms with Crippen LogP contribution in [0, 0.1) is 0 Å². The summed E-state index contributed by atoms with van der Waals surface area (Å²) in [6.07, 6.45) is 0. The number of nitrogens with one attached hydrogen (secondary N) is 1. The summed E-state index contributed by atoms with van der Waals surface area (Å²) in [6.45, 7) is 2.92. The van der Waals surface area contributed by atoms with Gasteiger partial charge in [-0.05, 0) is 30.8 Å². The number of likely N-dealkylation sites (N-methyl/N-ethyl adjacent to an activating group) is 1. The Morgan fingerprint density at radius 3 is 2.21 bits per heavy atom. The third kappa shape index (κ3) is 4.86.